The zero-order valence-corrected chi connectivity index (χ0v) is 7.22. The second-order valence-corrected chi connectivity index (χ2v) is 2.67. The lowest BCUT2D eigenvalue weighted by molar-refractivity contribution is 0.0989. The molecule has 76 valence electrons. The minimum Gasteiger partial charge on any atom is -0.364 e. The van der Waals surface area contributed by atoms with E-state index in [1.807, 2.05) is 0 Å². The summed E-state index contributed by atoms with van der Waals surface area (Å²) in [7, 11) is 0. The summed E-state index contributed by atoms with van der Waals surface area (Å²) in [5, 5.41) is 0. The van der Waals surface area contributed by atoms with Gasteiger partial charge in [-0.3, -0.25) is 4.79 Å². The van der Waals surface area contributed by atoms with Crippen molar-refractivity contribution in [1.82, 2.24) is 4.98 Å². The highest BCUT2D eigenvalue weighted by Crippen LogP contribution is 2.24. The quantitative estimate of drug-likeness (QED) is 0.794. The molecule has 0 aliphatic heterocycles. The molecule has 0 atom stereocenters. The molecule has 0 radical (unpaired) electrons. The van der Waals surface area contributed by atoms with Gasteiger partial charge in [0.15, 0.2) is 11.5 Å². The fourth-order valence-electron chi connectivity index (χ4n) is 0.984. The zero-order chi connectivity index (χ0) is 10.9. The standard InChI is InChI=1S/C8H7F3N2O/c1-3-4(7(10)11)2-13-6(5(3)9)8(12)14/h2,7H,1H3,(H2,12,14). The van der Waals surface area contributed by atoms with Crippen molar-refractivity contribution in [3.8, 4) is 0 Å². The van der Waals surface area contributed by atoms with Crippen LogP contribution in [0.1, 0.15) is 28.0 Å². The van der Waals surface area contributed by atoms with Gasteiger partial charge in [-0.2, -0.15) is 0 Å². The number of hydrogen-bond acceptors (Lipinski definition) is 2. The van der Waals surface area contributed by atoms with Gasteiger partial charge >= 0.3 is 0 Å². The van der Waals surface area contributed by atoms with Crippen LogP contribution in [0.5, 0.6) is 0 Å². The van der Waals surface area contributed by atoms with Gasteiger partial charge in [0.25, 0.3) is 12.3 Å². The lowest BCUT2D eigenvalue weighted by Gasteiger charge is -2.06. The van der Waals surface area contributed by atoms with Gasteiger partial charge in [0, 0.05) is 11.8 Å². The maximum Gasteiger partial charge on any atom is 0.270 e. The molecule has 2 N–H and O–H groups in total. The van der Waals surface area contributed by atoms with Crippen molar-refractivity contribution < 1.29 is 18.0 Å². The summed E-state index contributed by atoms with van der Waals surface area (Å²) < 4.78 is 37.6. The van der Waals surface area contributed by atoms with Gasteiger partial charge in [-0.15, -0.1) is 0 Å². The second kappa shape index (κ2) is 3.65. The van der Waals surface area contributed by atoms with Crippen LogP contribution >= 0.6 is 0 Å². The molecule has 0 spiro atoms. The van der Waals surface area contributed by atoms with E-state index in [-0.39, 0.29) is 5.56 Å². The van der Waals surface area contributed by atoms with Crippen LogP contribution in [-0.4, -0.2) is 10.9 Å². The largest absolute Gasteiger partial charge is 0.364 e. The number of nitrogens with zero attached hydrogens (tertiary/aromatic N) is 1. The summed E-state index contributed by atoms with van der Waals surface area (Å²) in [6.45, 7) is 1.14. The highest BCUT2D eigenvalue weighted by Gasteiger charge is 2.19. The normalized spacial score (nSPS) is 10.6. The van der Waals surface area contributed by atoms with Crippen LogP contribution in [0.2, 0.25) is 0 Å². The fraction of sp³-hybridized carbons (Fsp3) is 0.250. The van der Waals surface area contributed by atoms with Crippen LogP contribution in [0.25, 0.3) is 0 Å². The van der Waals surface area contributed by atoms with Crippen molar-refractivity contribution in [3.05, 3.63) is 28.8 Å². The predicted molar refractivity (Wildman–Crippen MR) is 42.4 cm³/mol. The molecule has 14 heavy (non-hydrogen) atoms. The molecule has 0 aliphatic rings. The Hall–Kier alpha value is -1.59. The third kappa shape index (κ3) is 1.68. The minimum absolute atomic E-state index is 0.302. The summed E-state index contributed by atoms with van der Waals surface area (Å²) in [4.78, 5) is 13.8. The molecule has 1 rings (SSSR count). The van der Waals surface area contributed by atoms with Crippen LogP contribution in [-0.2, 0) is 0 Å². The number of pyridine rings is 1. The van der Waals surface area contributed by atoms with E-state index in [1.165, 1.54) is 0 Å². The van der Waals surface area contributed by atoms with Crippen LogP contribution in [0, 0.1) is 12.7 Å². The van der Waals surface area contributed by atoms with Gasteiger partial charge < -0.3 is 5.73 Å². The maximum absolute atomic E-state index is 13.2. The summed E-state index contributed by atoms with van der Waals surface area (Å²) in [5.74, 6) is -2.17. The van der Waals surface area contributed by atoms with Crippen molar-refractivity contribution in [3.63, 3.8) is 0 Å². The van der Waals surface area contributed by atoms with Crippen LogP contribution in [0.3, 0.4) is 0 Å². The molecule has 1 amide bonds. The predicted octanol–water partition coefficient (Wildman–Crippen LogP) is 1.57. The molecule has 0 fully saturated rings. The van der Waals surface area contributed by atoms with E-state index in [2.05, 4.69) is 4.98 Å². The number of amides is 1. The average Bonchev–Trinajstić information content (AvgIpc) is 2.08. The second-order valence-electron chi connectivity index (χ2n) is 2.67. The first-order chi connectivity index (χ1) is 6.45. The Morgan fingerprint density at radius 2 is 2.14 bits per heavy atom. The summed E-state index contributed by atoms with van der Waals surface area (Å²) >= 11 is 0. The SMILES string of the molecule is Cc1c(C(F)F)cnc(C(N)=O)c1F. The number of carbonyl (C=O) groups excluding carboxylic acids is 1. The number of rotatable bonds is 2. The van der Waals surface area contributed by atoms with E-state index in [9.17, 15) is 18.0 Å². The van der Waals surface area contributed by atoms with Gasteiger partial charge in [0.05, 0.1) is 0 Å². The van der Waals surface area contributed by atoms with Crippen LogP contribution in [0.4, 0.5) is 13.2 Å². The monoisotopic (exact) mass is 204 g/mol. The van der Waals surface area contributed by atoms with Gasteiger partial charge in [0.2, 0.25) is 0 Å². The van der Waals surface area contributed by atoms with Crippen LogP contribution in [0.15, 0.2) is 6.20 Å². The summed E-state index contributed by atoms with van der Waals surface area (Å²) in [6.07, 6.45) is -2.07. The Morgan fingerprint density at radius 1 is 1.57 bits per heavy atom. The van der Waals surface area contributed by atoms with Crippen molar-refractivity contribution in [2.45, 2.75) is 13.3 Å². The molecule has 0 bridgehead atoms. The van der Waals surface area contributed by atoms with Crippen molar-refractivity contribution in [1.29, 1.82) is 0 Å². The van der Waals surface area contributed by atoms with Crippen molar-refractivity contribution in [2.24, 2.45) is 5.73 Å². The third-order valence-electron chi connectivity index (χ3n) is 1.77. The molecule has 0 aliphatic carbocycles. The van der Waals surface area contributed by atoms with Crippen molar-refractivity contribution in [2.75, 3.05) is 0 Å². The Morgan fingerprint density at radius 3 is 2.57 bits per heavy atom. The van der Waals surface area contributed by atoms with Crippen molar-refractivity contribution >= 4 is 5.91 Å². The number of hydrogen-bond donors (Lipinski definition) is 1. The number of alkyl halides is 2. The molecule has 3 nitrogen and oxygen atoms in total. The highest BCUT2D eigenvalue weighted by atomic mass is 19.3. The molecule has 0 saturated carbocycles. The smallest absolute Gasteiger partial charge is 0.270 e. The van der Waals surface area contributed by atoms with E-state index in [4.69, 9.17) is 5.73 Å². The van der Waals surface area contributed by atoms with E-state index in [0.29, 0.717) is 0 Å². The lowest BCUT2D eigenvalue weighted by Crippen LogP contribution is -2.17. The molecule has 0 unspecified atom stereocenters. The van der Waals surface area contributed by atoms with E-state index >= 15 is 0 Å². The van der Waals surface area contributed by atoms with E-state index in [0.717, 1.165) is 13.1 Å². The number of primary amides is 1. The van der Waals surface area contributed by atoms with E-state index in [1.54, 1.807) is 0 Å². The van der Waals surface area contributed by atoms with Gasteiger partial charge in [0.1, 0.15) is 0 Å². The van der Waals surface area contributed by atoms with Gasteiger partial charge in [-0.05, 0) is 12.5 Å². The molecule has 1 heterocycles. The first-order valence-electron chi connectivity index (χ1n) is 3.68. The number of carbonyl (C=O) groups is 1. The summed E-state index contributed by atoms with van der Waals surface area (Å²) in [5.41, 5.74) is 3.33. The molecule has 1 aromatic heterocycles. The summed E-state index contributed by atoms with van der Waals surface area (Å²) in [6, 6.07) is 0. The highest BCUT2D eigenvalue weighted by molar-refractivity contribution is 5.91. The molecular weight excluding hydrogens is 197 g/mol. The first kappa shape index (κ1) is 10.5. The minimum atomic E-state index is -2.82. The Labute approximate surface area is 77.7 Å². The first-order valence-corrected chi connectivity index (χ1v) is 3.68. The Balaban J connectivity index is 3.33. The van der Waals surface area contributed by atoms with Gasteiger partial charge in [-0.1, -0.05) is 0 Å². The zero-order valence-electron chi connectivity index (χ0n) is 7.22. The topological polar surface area (TPSA) is 56.0 Å². The molecule has 6 heteroatoms. The molecule has 0 saturated heterocycles. The molecular formula is C8H7F3N2O. The van der Waals surface area contributed by atoms with Crippen LogP contribution < -0.4 is 5.73 Å². The molecule has 1 aromatic rings. The van der Waals surface area contributed by atoms with E-state index < -0.39 is 29.4 Å². The fourth-order valence-corrected chi connectivity index (χ4v) is 0.984. The number of nitrogens with two attached hydrogens (primary N) is 1. The van der Waals surface area contributed by atoms with Gasteiger partial charge in [-0.25, -0.2) is 18.2 Å². The lowest BCUT2D eigenvalue weighted by atomic mass is 10.1. The molecule has 0 aromatic carbocycles. The third-order valence-corrected chi connectivity index (χ3v) is 1.77. The maximum atomic E-state index is 13.2. The Bertz CT molecular complexity index is 379. The average molecular weight is 204 g/mol. The number of aromatic nitrogens is 1. The number of halogens is 3. The Kier molecular flexibility index (Phi) is 2.73.